The fourth-order valence-corrected chi connectivity index (χ4v) is 3.71. The summed E-state index contributed by atoms with van der Waals surface area (Å²) in [5, 5.41) is 2.27. The first-order valence-electron chi connectivity index (χ1n) is 8.51. The number of benzene rings is 2. The van der Waals surface area contributed by atoms with Crippen LogP contribution in [-0.2, 0) is 6.42 Å². The van der Waals surface area contributed by atoms with E-state index in [1.54, 1.807) is 20.3 Å². The van der Waals surface area contributed by atoms with E-state index in [-0.39, 0.29) is 0 Å². The molecule has 26 heavy (non-hydrogen) atoms. The molecule has 3 N–H and O–H groups in total. The lowest BCUT2D eigenvalue weighted by atomic mass is 9.99. The monoisotopic (exact) mass is 392 g/mol. The number of aromatic amines is 1. The van der Waals surface area contributed by atoms with Crippen LogP contribution in [0, 0.1) is 0 Å². The van der Waals surface area contributed by atoms with Crippen molar-refractivity contribution < 1.29 is 9.47 Å². The quantitative estimate of drug-likeness (QED) is 0.526. The highest BCUT2D eigenvalue weighted by atomic mass is 35.5. The second-order valence-corrected chi connectivity index (χ2v) is 6.88. The molecule has 0 unspecified atom stereocenters. The van der Waals surface area contributed by atoms with E-state index in [2.05, 4.69) is 4.98 Å². The Labute approximate surface area is 163 Å². The number of unbranched alkanes of at least 4 members (excludes halogenated alkanes) is 1. The van der Waals surface area contributed by atoms with Crippen LogP contribution in [0.4, 0.5) is 0 Å². The Kier molecular flexibility index (Phi) is 5.97. The summed E-state index contributed by atoms with van der Waals surface area (Å²) in [4.78, 5) is 3.46. The van der Waals surface area contributed by atoms with Crippen molar-refractivity contribution in [1.82, 2.24) is 4.98 Å². The van der Waals surface area contributed by atoms with E-state index in [0.717, 1.165) is 58.5 Å². The third-order valence-corrected chi connectivity index (χ3v) is 5.14. The van der Waals surface area contributed by atoms with Gasteiger partial charge in [-0.3, -0.25) is 0 Å². The smallest absolute Gasteiger partial charge is 0.128 e. The first kappa shape index (κ1) is 18.9. The van der Waals surface area contributed by atoms with Crippen molar-refractivity contribution in [2.24, 2.45) is 5.73 Å². The van der Waals surface area contributed by atoms with Crippen molar-refractivity contribution in [2.45, 2.75) is 19.3 Å². The Morgan fingerprint density at radius 2 is 1.77 bits per heavy atom. The highest BCUT2D eigenvalue weighted by Crippen LogP contribution is 2.42. The lowest BCUT2D eigenvalue weighted by Gasteiger charge is -2.12. The number of nitrogens with one attached hydrogen (secondary N) is 1. The summed E-state index contributed by atoms with van der Waals surface area (Å²) in [6.07, 6.45) is 2.75. The van der Waals surface area contributed by atoms with E-state index in [9.17, 15) is 0 Å². The number of methoxy groups -OCH3 is 2. The van der Waals surface area contributed by atoms with E-state index in [4.69, 9.17) is 38.4 Å². The highest BCUT2D eigenvalue weighted by molar-refractivity contribution is 6.40. The molecular weight excluding hydrogens is 371 g/mol. The molecule has 0 bridgehead atoms. The summed E-state index contributed by atoms with van der Waals surface area (Å²) in [6.45, 7) is 0.661. The van der Waals surface area contributed by atoms with Gasteiger partial charge < -0.3 is 20.2 Å². The lowest BCUT2D eigenvalue weighted by Crippen LogP contribution is -1.99. The van der Waals surface area contributed by atoms with Gasteiger partial charge in [0.2, 0.25) is 0 Å². The van der Waals surface area contributed by atoms with Crippen LogP contribution in [0.3, 0.4) is 0 Å². The fraction of sp³-hybridized carbons (Fsp3) is 0.300. The molecule has 0 spiro atoms. The molecule has 4 nitrogen and oxygen atoms in total. The number of halogens is 2. The summed E-state index contributed by atoms with van der Waals surface area (Å²) in [5.41, 5.74) is 9.49. The molecule has 1 heterocycles. The van der Waals surface area contributed by atoms with Gasteiger partial charge in [-0.15, -0.1) is 0 Å². The van der Waals surface area contributed by atoms with Gasteiger partial charge in [0.25, 0.3) is 0 Å². The predicted octanol–water partition coefficient (Wildman–Crippen LogP) is 5.44. The zero-order chi connectivity index (χ0) is 18.7. The number of aryl methyl sites for hydroxylation is 1. The summed E-state index contributed by atoms with van der Waals surface area (Å²) >= 11 is 13.0. The minimum absolute atomic E-state index is 0.637. The van der Waals surface area contributed by atoms with Gasteiger partial charge in [0, 0.05) is 10.9 Å². The third-order valence-electron chi connectivity index (χ3n) is 4.51. The first-order valence-corrected chi connectivity index (χ1v) is 9.27. The van der Waals surface area contributed by atoms with Crippen molar-refractivity contribution in [2.75, 3.05) is 20.8 Å². The second kappa shape index (κ2) is 8.21. The summed E-state index contributed by atoms with van der Waals surface area (Å²) in [6, 6.07) is 9.36. The molecule has 2 aromatic carbocycles. The van der Waals surface area contributed by atoms with Crippen molar-refractivity contribution in [3.8, 4) is 22.8 Å². The molecule has 0 saturated carbocycles. The van der Waals surface area contributed by atoms with E-state index < -0.39 is 0 Å². The van der Waals surface area contributed by atoms with Crippen LogP contribution in [0.15, 0.2) is 30.3 Å². The number of nitrogens with two attached hydrogens (primary N) is 1. The number of hydrogen-bond acceptors (Lipinski definition) is 3. The first-order chi connectivity index (χ1) is 12.6. The van der Waals surface area contributed by atoms with Crippen LogP contribution in [0.2, 0.25) is 10.0 Å². The lowest BCUT2D eigenvalue weighted by molar-refractivity contribution is 0.404. The summed E-state index contributed by atoms with van der Waals surface area (Å²) in [5.74, 6) is 1.51. The standard InChI is InChI=1S/C20H22Cl2N2O2/c1-25-12-6-9-17(26-2)14(11-12)19-13(5-3-4-10-23)18-15(21)7-8-16(22)20(18)24-19/h6-9,11,24H,3-5,10,23H2,1-2H3. The van der Waals surface area contributed by atoms with Crippen LogP contribution >= 0.6 is 23.2 Å². The predicted molar refractivity (Wildman–Crippen MR) is 109 cm³/mol. The number of hydrogen-bond donors (Lipinski definition) is 2. The van der Waals surface area contributed by atoms with Crippen LogP contribution in [-0.4, -0.2) is 25.7 Å². The maximum absolute atomic E-state index is 6.52. The second-order valence-electron chi connectivity index (χ2n) is 6.07. The molecule has 138 valence electrons. The molecule has 0 aliphatic heterocycles. The van der Waals surface area contributed by atoms with E-state index in [1.807, 2.05) is 24.3 Å². The van der Waals surface area contributed by atoms with Crippen molar-refractivity contribution in [3.05, 3.63) is 45.9 Å². The largest absolute Gasteiger partial charge is 0.497 e. The Bertz CT molecular complexity index is 922. The number of fused-ring (bicyclic) bond motifs is 1. The Morgan fingerprint density at radius 3 is 2.46 bits per heavy atom. The minimum atomic E-state index is 0.637. The molecular formula is C20H22Cl2N2O2. The van der Waals surface area contributed by atoms with Gasteiger partial charge in [-0.25, -0.2) is 0 Å². The number of ether oxygens (including phenoxy) is 2. The molecule has 0 aliphatic rings. The zero-order valence-corrected chi connectivity index (χ0v) is 16.4. The number of H-pyrrole nitrogens is 1. The molecule has 0 atom stereocenters. The average molecular weight is 393 g/mol. The van der Waals surface area contributed by atoms with Crippen LogP contribution in [0.25, 0.3) is 22.2 Å². The summed E-state index contributed by atoms with van der Waals surface area (Å²) < 4.78 is 11.0. The molecule has 0 fully saturated rings. The zero-order valence-electron chi connectivity index (χ0n) is 14.9. The number of rotatable bonds is 7. The Morgan fingerprint density at radius 1 is 1.00 bits per heavy atom. The molecule has 3 rings (SSSR count). The van der Waals surface area contributed by atoms with Gasteiger partial charge in [0.15, 0.2) is 0 Å². The highest BCUT2D eigenvalue weighted by Gasteiger charge is 2.20. The molecule has 6 heteroatoms. The molecule has 0 radical (unpaired) electrons. The van der Waals surface area contributed by atoms with Crippen LogP contribution in [0.1, 0.15) is 18.4 Å². The van der Waals surface area contributed by atoms with Crippen LogP contribution in [0.5, 0.6) is 11.5 Å². The fourth-order valence-electron chi connectivity index (χ4n) is 3.23. The summed E-state index contributed by atoms with van der Waals surface area (Å²) in [7, 11) is 3.30. The van der Waals surface area contributed by atoms with Crippen molar-refractivity contribution >= 4 is 34.1 Å². The Hall–Kier alpha value is -1.88. The Balaban J connectivity index is 2.26. The van der Waals surface area contributed by atoms with Gasteiger partial charge in [0.05, 0.1) is 35.5 Å². The average Bonchev–Trinajstić information content (AvgIpc) is 3.05. The molecule has 0 amide bonds. The van der Waals surface area contributed by atoms with Gasteiger partial charge in [0.1, 0.15) is 11.5 Å². The SMILES string of the molecule is COc1ccc(OC)c(-c2[nH]c3c(Cl)ccc(Cl)c3c2CCCCN)c1. The van der Waals surface area contributed by atoms with E-state index in [0.29, 0.717) is 16.6 Å². The maximum Gasteiger partial charge on any atom is 0.128 e. The van der Waals surface area contributed by atoms with Gasteiger partial charge in [-0.05, 0) is 61.7 Å². The van der Waals surface area contributed by atoms with Crippen LogP contribution < -0.4 is 15.2 Å². The van der Waals surface area contributed by atoms with E-state index in [1.165, 1.54) is 0 Å². The van der Waals surface area contributed by atoms with Gasteiger partial charge in [-0.2, -0.15) is 0 Å². The third kappa shape index (κ3) is 3.50. The molecule has 1 aromatic heterocycles. The van der Waals surface area contributed by atoms with E-state index >= 15 is 0 Å². The maximum atomic E-state index is 6.52. The van der Waals surface area contributed by atoms with Gasteiger partial charge >= 0.3 is 0 Å². The normalized spacial score (nSPS) is 11.1. The molecule has 0 saturated heterocycles. The number of aromatic nitrogens is 1. The minimum Gasteiger partial charge on any atom is -0.497 e. The van der Waals surface area contributed by atoms with Gasteiger partial charge in [-0.1, -0.05) is 23.2 Å². The molecule has 0 aliphatic carbocycles. The topological polar surface area (TPSA) is 60.3 Å². The molecule has 3 aromatic rings. The van der Waals surface area contributed by atoms with Crippen molar-refractivity contribution in [3.63, 3.8) is 0 Å². The van der Waals surface area contributed by atoms with Crippen molar-refractivity contribution in [1.29, 1.82) is 0 Å².